The van der Waals surface area contributed by atoms with Gasteiger partial charge in [-0.2, -0.15) is 0 Å². The Morgan fingerprint density at radius 3 is 2.69 bits per heavy atom. The Bertz CT molecular complexity index is 638. The van der Waals surface area contributed by atoms with Crippen molar-refractivity contribution in [1.29, 1.82) is 0 Å². The van der Waals surface area contributed by atoms with Gasteiger partial charge < -0.3 is 15.4 Å². The van der Waals surface area contributed by atoms with Crippen LogP contribution >= 0.6 is 24.0 Å². The lowest BCUT2D eigenvalue weighted by molar-refractivity contribution is 0.136. The Morgan fingerprint density at radius 1 is 1.27 bits per heavy atom. The van der Waals surface area contributed by atoms with Crippen molar-refractivity contribution in [3.63, 3.8) is 0 Å². The standard InChI is InChI=1S/C18H29N3O3S.HI/c1-2-19-18(21-17-10-14-25(22,23)15-17)20-11-6-12-24-13-9-16-7-4-3-5-8-16;/h3-5,7-8,17H,2,6,9-15H2,1H3,(H2,19,20,21);1H. The molecule has 8 heteroatoms. The number of benzene rings is 1. The number of ether oxygens (including phenoxy) is 1. The molecule has 1 aliphatic heterocycles. The molecule has 0 bridgehead atoms. The first-order valence-corrected chi connectivity index (χ1v) is 10.8. The van der Waals surface area contributed by atoms with E-state index in [9.17, 15) is 8.42 Å². The van der Waals surface area contributed by atoms with Gasteiger partial charge in [-0.25, -0.2) is 8.42 Å². The van der Waals surface area contributed by atoms with Gasteiger partial charge in [-0.05, 0) is 31.7 Å². The van der Waals surface area contributed by atoms with Crippen LogP contribution in [0.5, 0.6) is 0 Å². The summed E-state index contributed by atoms with van der Waals surface area (Å²) in [6, 6.07) is 10.3. The van der Waals surface area contributed by atoms with Crippen LogP contribution < -0.4 is 10.6 Å². The maximum Gasteiger partial charge on any atom is 0.191 e. The van der Waals surface area contributed by atoms with Crippen molar-refractivity contribution in [1.82, 2.24) is 10.6 Å². The highest BCUT2D eigenvalue weighted by Crippen LogP contribution is 2.10. The number of rotatable bonds is 9. The van der Waals surface area contributed by atoms with Crippen LogP contribution in [0.25, 0.3) is 0 Å². The third kappa shape index (κ3) is 9.18. The van der Waals surface area contributed by atoms with Crippen LogP contribution in [0.4, 0.5) is 0 Å². The number of aliphatic imine (C=N–C) groups is 1. The summed E-state index contributed by atoms with van der Waals surface area (Å²) in [6.07, 6.45) is 2.41. The summed E-state index contributed by atoms with van der Waals surface area (Å²) in [5.41, 5.74) is 1.28. The second-order valence-electron chi connectivity index (χ2n) is 6.21. The highest BCUT2D eigenvalue weighted by atomic mass is 127. The van der Waals surface area contributed by atoms with E-state index in [0.717, 1.165) is 19.4 Å². The Morgan fingerprint density at radius 2 is 2.04 bits per heavy atom. The molecule has 1 fully saturated rings. The molecule has 0 radical (unpaired) electrons. The largest absolute Gasteiger partial charge is 0.381 e. The van der Waals surface area contributed by atoms with Gasteiger partial charge in [-0.15, -0.1) is 24.0 Å². The number of sulfone groups is 1. The summed E-state index contributed by atoms with van der Waals surface area (Å²) in [6.45, 7) is 4.79. The summed E-state index contributed by atoms with van der Waals surface area (Å²) >= 11 is 0. The van der Waals surface area contributed by atoms with Gasteiger partial charge in [0.25, 0.3) is 0 Å². The molecule has 1 unspecified atom stereocenters. The van der Waals surface area contributed by atoms with E-state index >= 15 is 0 Å². The van der Waals surface area contributed by atoms with Crippen molar-refractivity contribution in [2.45, 2.75) is 32.2 Å². The minimum absolute atomic E-state index is 0. The molecule has 1 atom stereocenters. The predicted octanol–water partition coefficient (Wildman–Crippen LogP) is 2.00. The normalized spacial score (nSPS) is 19.0. The number of nitrogens with one attached hydrogen (secondary N) is 2. The SMILES string of the molecule is CCNC(=NCCCOCCc1ccccc1)NC1CCS(=O)(=O)C1.I. The maximum atomic E-state index is 11.5. The second-order valence-corrected chi connectivity index (χ2v) is 8.44. The van der Waals surface area contributed by atoms with Gasteiger partial charge in [-0.3, -0.25) is 4.99 Å². The molecular weight excluding hydrogens is 465 g/mol. The summed E-state index contributed by atoms with van der Waals surface area (Å²) < 4.78 is 28.7. The van der Waals surface area contributed by atoms with E-state index in [4.69, 9.17) is 4.74 Å². The molecule has 26 heavy (non-hydrogen) atoms. The van der Waals surface area contributed by atoms with Crippen molar-refractivity contribution < 1.29 is 13.2 Å². The molecule has 0 amide bonds. The summed E-state index contributed by atoms with van der Waals surface area (Å²) in [5.74, 6) is 1.15. The van der Waals surface area contributed by atoms with Crippen molar-refractivity contribution in [3.05, 3.63) is 35.9 Å². The Kier molecular flexibility index (Phi) is 11.1. The molecule has 1 aliphatic rings. The first-order valence-electron chi connectivity index (χ1n) is 8.96. The molecule has 1 saturated heterocycles. The van der Waals surface area contributed by atoms with Crippen LogP contribution in [0.15, 0.2) is 35.3 Å². The van der Waals surface area contributed by atoms with Gasteiger partial charge in [0, 0.05) is 25.7 Å². The average molecular weight is 495 g/mol. The van der Waals surface area contributed by atoms with Gasteiger partial charge in [0.2, 0.25) is 0 Å². The third-order valence-corrected chi connectivity index (χ3v) is 5.78. The number of halogens is 1. The zero-order valence-electron chi connectivity index (χ0n) is 15.3. The first kappa shape index (κ1) is 23.2. The number of nitrogens with zero attached hydrogens (tertiary/aromatic N) is 1. The van der Waals surface area contributed by atoms with Crippen LogP contribution in [-0.2, 0) is 21.0 Å². The highest BCUT2D eigenvalue weighted by Gasteiger charge is 2.28. The molecule has 2 rings (SSSR count). The fourth-order valence-electron chi connectivity index (χ4n) is 2.72. The van der Waals surface area contributed by atoms with Crippen LogP contribution in [-0.4, -0.2) is 58.2 Å². The summed E-state index contributed by atoms with van der Waals surface area (Å²) in [5, 5.41) is 6.38. The Balaban J connectivity index is 0.00000338. The van der Waals surface area contributed by atoms with Crippen molar-refractivity contribution in [3.8, 4) is 0 Å². The van der Waals surface area contributed by atoms with Crippen molar-refractivity contribution in [2.24, 2.45) is 4.99 Å². The quantitative estimate of drug-likeness (QED) is 0.237. The molecule has 148 valence electrons. The van der Waals surface area contributed by atoms with Gasteiger partial charge in [0.05, 0.1) is 18.1 Å². The van der Waals surface area contributed by atoms with E-state index in [-0.39, 0.29) is 41.5 Å². The van der Waals surface area contributed by atoms with E-state index in [1.165, 1.54) is 5.56 Å². The predicted molar refractivity (Wildman–Crippen MR) is 117 cm³/mol. The summed E-state index contributed by atoms with van der Waals surface area (Å²) in [7, 11) is -2.88. The number of guanidine groups is 1. The minimum atomic E-state index is -2.88. The molecule has 2 N–H and O–H groups in total. The van der Waals surface area contributed by atoms with Crippen molar-refractivity contribution in [2.75, 3.05) is 37.8 Å². The monoisotopic (exact) mass is 495 g/mol. The zero-order chi connectivity index (χ0) is 18.0. The maximum absolute atomic E-state index is 11.5. The second kappa shape index (κ2) is 12.5. The number of hydrogen-bond acceptors (Lipinski definition) is 4. The molecular formula is C18H30IN3O3S. The van der Waals surface area contributed by atoms with Crippen molar-refractivity contribution >= 4 is 39.8 Å². The van der Waals surface area contributed by atoms with E-state index in [1.807, 2.05) is 25.1 Å². The van der Waals surface area contributed by atoms with E-state index in [1.54, 1.807) is 0 Å². The smallest absolute Gasteiger partial charge is 0.191 e. The van der Waals surface area contributed by atoms with E-state index in [2.05, 4.69) is 27.8 Å². The van der Waals surface area contributed by atoms with Gasteiger partial charge >= 0.3 is 0 Å². The molecule has 0 aromatic heterocycles. The Hall–Kier alpha value is -0.870. The first-order chi connectivity index (χ1) is 12.1. The van der Waals surface area contributed by atoms with Gasteiger partial charge in [-0.1, -0.05) is 30.3 Å². The van der Waals surface area contributed by atoms with Crippen LogP contribution in [0, 0.1) is 0 Å². The van der Waals surface area contributed by atoms with Crippen LogP contribution in [0.1, 0.15) is 25.3 Å². The van der Waals surface area contributed by atoms with E-state index < -0.39 is 9.84 Å². The molecule has 0 saturated carbocycles. The lowest BCUT2D eigenvalue weighted by atomic mass is 10.2. The Labute approximate surface area is 174 Å². The third-order valence-electron chi connectivity index (χ3n) is 4.01. The molecule has 1 aromatic rings. The zero-order valence-corrected chi connectivity index (χ0v) is 18.5. The van der Waals surface area contributed by atoms with Gasteiger partial charge in [0.15, 0.2) is 15.8 Å². The lowest BCUT2D eigenvalue weighted by Gasteiger charge is -2.15. The topological polar surface area (TPSA) is 79.8 Å². The molecule has 6 nitrogen and oxygen atoms in total. The molecule has 0 aliphatic carbocycles. The van der Waals surface area contributed by atoms with Gasteiger partial charge in [0.1, 0.15) is 0 Å². The summed E-state index contributed by atoms with van der Waals surface area (Å²) in [4.78, 5) is 4.50. The lowest BCUT2D eigenvalue weighted by Crippen LogP contribution is -2.44. The van der Waals surface area contributed by atoms with Crippen LogP contribution in [0.2, 0.25) is 0 Å². The number of hydrogen-bond donors (Lipinski definition) is 2. The molecule has 1 heterocycles. The fourth-order valence-corrected chi connectivity index (χ4v) is 4.39. The molecule has 0 spiro atoms. The van der Waals surface area contributed by atoms with E-state index in [0.29, 0.717) is 32.1 Å². The average Bonchev–Trinajstić information content (AvgIpc) is 2.93. The molecule has 1 aromatic carbocycles. The fraction of sp³-hybridized carbons (Fsp3) is 0.611. The minimum Gasteiger partial charge on any atom is -0.381 e. The highest BCUT2D eigenvalue weighted by molar-refractivity contribution is 14.0. The van der Waals surface area contributed by atoms with Crippen LogP contribution in [0.3, 0.4) is 0 Å².